The molecule has 0 aliphatic heterocycles. The Labute approximate surface area is 143 Å². The molecule has 0 fully saturated rings. The van der Waals surface area contributed by atoms with Crippen LogP contribution < -0.4 is 5.32 Å². The van der Waals surface area contributed by atoms with Gasteiger partial charge in [-0.05, 0) is 17.7 Å². The molecule has 0 spiro atoms. The van der Waals surface area contributed by atoms with Crippen LogP contribution in [0.3, 0.4) is 0 Å². The average molecular weight is 402 g/mol. The predicted octanol–water partition coefficient (Wildman–Crippen LogP) is 3.29. The lowest BCUT2D eigenvalue weighted by molar-refractivity contribution is -0.139. The van der Waals surface area contributed by atoms with Crippen LogP contribution in [-0.4, -0.2) is 23.0 Å². The molecule has 0 aliphatic carbocycles. The molecule has 126 valence electrons. The van der Waals surface area contributed by atoms with Gasteiger partial charge in [0.05, 0.1) is 0 Å². The van der Waals surface area contributed by atoms with E-state index in [2.05, 4.69) is 15.9 Å². The van der Waals surface area contributed by atoms with Crippen molar-refractivity contribution in [1.29, 1.82) is 0 Å². The lowest BCUT2D eigenvalue weighted by Crippen LogP contribution is -2.43. The Balaban J connectivity index is 2.20. The molecule has 0 radical (unpaired) electrons. The summed E-state index contributed by atoms with van der Waals surface area (Å²) in [6, 6.07) is 5.97. The number of halogens is 4. The normalized spacial score (nSPS) is 11.8. The number of rotatable bonds is 5. The Morgan fingerprint density at radius 3 is 2.12 bits per heavy atom. The summed E-state index contributed by atoms with van der Waals surface area (Å²) in [4.78, 5) is 23.3. The summed E-state index contributed by atoms with van der Waals surface area (Å²) in [5, 5.41) is 11.2. The molecule has 0 saturated heterocycles. The third kappa shape index (κ3) is 4.35. The highest BCUT2D eigenvalue weighted by Gasteiger charge is 2.25. The first-order valence-corrected chi connectivity index (χ1v) is 7.50. The van der Waals surface area contributed by atoms with E-state index in [1.165, 1.54) is 0 Å². The minimum Gasteiger partial charge on any atom is -0.480 e. The highest BCUT2D eigenvalue weighted by Crippen LogP contribution is 2.16. The number of carbonyl (C=O) groups is 2. The van der Waals surface area contributed by atoms with Gasteiger partial charge in [-0.25, -0.2) is 18.0 Å². The van der Waals surface area contributed by atoms with E-state index < -0.39 is 40.9 Å². The van der Waals surface area contributed by atoms with Gasteiger partial charge in [-0.1, -0.05) is 28.1 Å². The highest BCUT2D eigenvalue weighted by molar-refractivity contribution is 9.10. The first-order valence-electron chi connectivity index (χ1n) is 6.70. The maximum atomic E-state index is 13.6. The molecule has 0 aromatic heterocycles. The average Bonchev–Trinajstić information content (AvgIpc) is 2.47. The van der Waals surface area contributed by atoms with Crippen molar-refractivity contribution in [3.63, 3.8) is 0 Å². The van der Waals surface area contributed by atoms with E-state index in [9.17, 15) is 27.9 Å². The van der Waals surface area contributed by atoms with Crippen molar-refractivity contribution in [1.82, 2.24) is 5.32 Å². The monoisotopic (exact) mass is 401 g/mol. The Morgan fingerprint density at radius 2 is 1.62 bits per heavy atom. The quantitative estimate of drug-likeness (QED) is 0.807. The van der Waals surface area contributed by atoms with E-state index in [1.807, 2.05) is 5.32 Å². The van der Waals surface area contributed by atoms with Crippen LogP contribution in [0, 0.1) is 17.5 Å². The Bertz CT molecular complexity index is 758. The van der Waals surface area contributed by atoms with Crippen LogP contribution in [0.2, 0.25) is 0 Å². The van der Waals surface area contributed by atoms with Crippen LogP contribution in [0.25, 0.3) is 0 Å². The molecule has 2 aromatic carbocycles. The number of carboxylic acid groups (broad SMARTS) is 1. The summed E-state index contributed by atoms with van der Waals surface area (Å²) in [7, 11) is 0. The standard InChI is InChI=1S/C16H11BrF3NO3/c17-9-3-1-8(2-4-9)5-13(16(23)24)21-15(22)14-11(19)6-10(18)7-12(14)20/h1-4,6-7,13H,5H2,(H,21,22)(H,23,24)/t13-/m1/s1. The van der Waals surface area contributed by atoms with Gasteiger partial charge in [-0.15, -0.1) is 0 Å². The number of amides is 1. The van der Waals surface area contributed by atoms with Gasteiger partial charge in [0, 0.05) is 23.0 Å². The van der Waals surface area contributed by atoms with Crippen molar-refractivity contribution in [3.8, 4) is 0 Å². The van der Waals surface area contributed by atoms with Gasteiger partial charge in [0.15, 0.2) is 0 Å². The van der Waals surface area contributed by atoms with E-state index in [1.54, 1.807) is 24.3 Å². The number of carboxylic acids is 1. The fraction of sp³-hybridized carbons (Fsp3) is 0.125. The van der Waals surface area contributed by atoms with Gasteiger partial charge in [0.25, 0.3) is 5.91 Å². The van der Waals surface area contributed by atoms with Crippen LogP contribution in [0.15, 0.2) is 40.9 Å². The molecule has 1 atom stereocenters. The second-order valence-electron chi connectivity index (χ2n) is 4.94. The third-order valence-electron chi connectivity index (χ3n) is 3.19. The van der Waals surface area contributed by atoms with Crippen LogP contribution in [0.1, 0.15) is 15.9 Å². The molecule has 24 heavy (non-hydrogen) atoms. The zero-order valence-corrected chi connectivity index (χ0v) is 13.6. The molecule has 0 unspecified atom stereocenters. The first kappa shape index (κ1) is 18.0. The Kier molecular flexibility index (Phi) is 5.61. The summed E-state index contributed by atoms with van der Waals surface area (Å²) in [6.07, 6.45) is -0.0845. The summed E-state index contributed by atoms with van der Waals surface area (Å²) in [6.45, 7) is 0. The zero-order valence-electron chi connectivity index (χ0n) is 12.0. The maximum absolute atomic E-state index is 13.6. The van der Waals surface area contributed by atoms with Crippen molar-refractivity contribution in [2.45, 2.75) is 12.5 Å². The fourth-order valence-electron chi connectivity index (χ4n) is 2.05. The second kappa shape index (κ2) is 7.48. The molecule has 4 nitrogen and oxygen atoms in total. The number of hydrogen-bond acceptors (Lipinski definition) is 2. The molecular formula is C16H11BrF3NO3. The largest absolute Gasteiger partial charge is 0.480 e. The number of aliphatic carboxylic acids is 1. The lowest BCUT2D eigenvalue weighted by atomic mass is 10.1. The maximum Gasteiger partial charge on any atom is 0.326 e. The van der Waals surface area contributed by atoms with E-state index in [4.69, 9.17) is 0 Å². The SMILES string of the molecule is O=C(N[C@H](Cc1ccc(Br)cc1)C(=O)O)c1c(F)cc(F)cc1F. The molecule has 0 aliphatic rings. The van der Waals surface area contributed by atoms with Gasteiger partial charge >= 0.3 is 5.97 Å². The fourth-order valence-corrected chi connectivity index (χ4v) is 2.31. The summed E-state index contributed by atoms with van der Waals surface area (Å²) in [5.74, 6) is -6.62. The van der Waals surface area contributed by atoms with Crippen molar-refractivity contribution in [3.05, 3.63) is 69.4 Å². The number of hydrogen-bond donors (Lipinski definition) is 2. The Morgan fingerprint density at radius 1 is 1.08 bits per heavy atom. The third-order valence-corrected chi connectivity index (χ3v) is 3.72. The first-order chi connectivity index (χ1) is 11.3. The molecular weight excluding hydrogens is 391 g/mol. The van der Waals surface area contributed by atoms with Crippen molar-refractivity contribution < 1.29 is 27.9 Å². The minimum absolute atomic E-state index is 0.0845. The van der Waals surface area contributed by atoms with E-state index in [-0.39, 0.29) is 6.42 Å². The predicted molar refractivity (Wildman–Crippen MR) is 83.1 cm³/mol. The van der Waals surface area contributed by atoms with Crippen LogP contribution in [-0.2, 0) is 11.2 Å². The van der Waals surface area contributed by atoms with Gasteiger partial charge < -0.3 is 10.4 Å². The van der Waals surface area contributed by atoms with Crippen molar-refractivity contribution >= 4 is 27.8 Å². The lowest BCUT2D eigenvalue weighted by Gasteiger charge is -2.15. The summed E-state index contributed by atoms with van der Waals surface area (Å²) < 4.78 is 40.8. The molecule has 0 bridgehead atoms. The summed E-state index contributed by atoms with van der Waals surface area (Å²) in [5.41, 5.74) is -0.426. The highest BCUT2D eigenvalue weighted by atomic mass is 79.9. The van der Waals surface area contributed by atoms with Crippen LogP contribution in [0.5, 0.6) is 0 Å². The minimum atomic E-state index is -1.40. The zero-order chi connectivity index (χ0) is 17.9. The van der Waals surface area contributed by atoms with Crippen molar-refractivity contribution in [2.75, 3.05) is 0 Å². The van der Waals surface area contributed by atoms with Gasteiger partial charge in [-0.3, -0.25) is 4.79 Å². The Hall–Kier alpha value is -2.35. The van der Waals surface area contributed by atoms with Gasteiger partial charge in [0.2, 0.25) is 0 Å². The van der Waals surface area contributed by atoms with Gasteiger partial charge in [0.1, 0.15) is 29.1 Å². The molecule has 2 N–H and O–H groups in total. The van der Waals surface area contributed by atoms with Crippen molar-refractivity contribution in [2.24, 2.45) is 0 Å². The smallest absolute Gasteiger partial charge is 0.326 e. The van der Waals surface area contributed by atoms with Crippen LogP contribution in [0.4, 0.5) is 13.2 Å². The molecule has 8 heteroatoms. The van der Waals surface area contributed by atoms with E-state index >= 15 is 0 Å². The van der Waals surface area contributed by atoms with Crippen LogP contribution >= 0.6 is 15.9 Å². The molecule has 2 aromatic rings. The van der Waals surface area contributed by atoms with Gasteiger partial charge in [-0.2, -0.15) is 0 Å². The number of benzene rings is 2. The van der Waals surface area contributed by atoms with E-state index in [0.29, 0.717) is 17.7 Å². The number of nitrogens with one attached hydrogen (secondary N) is 1. The second-order valence-corrected chi connectivity index (χ2v) is 5.85. The molecule has 1 amide bonds. The van der Waals surface area contributed by atoms with E-state index in [0.717, 1.165) is 4.47 Å². The topological polar surface area (TPSA) is 66.4 Å². The molecule has 2 rings (SSSR count). The number of carbonyl (C=O) groups excluding carboxylic acids is 1. The molecule has 0 saturated carbocycles. The molecule has 0 heterocycles. The summed E-state index contributed by atoms with van der Waals surface area (Å²) >= 11 is 3.23.